The van der Waals surface area contributed by atoms with Gasteiger partial charge in [0.25, 0.3) is 0 Å². The molecule has 0 saturated carbocycles. The maximum Gasteiger partial charge on any atom is 0.211 e. The summed E-state index contributed by atoms with van der Waals surface area (Å²) < 4.78 is 24.3. The van der Waals surface area contributed by atoms with Gasteiger partial charge in [0.15, 0.2) is 5.11 Å². The van der Waals surface area contributed by atoms with Crippen molar-refractivity contribution in [2.45, 2.75) is 0 Å². The van der Waals surface area contributed by atoms with E-state index in [4.69, 9.17) is 12.2 Å². The molecule has 19 heavy (non-hydrogen) atoms. The lowest BCUT2D eigenvalue weighted by molar-refractivity contribution is 0.270. The first-order chi connectivity index (χ1) is 8.97. The van der Waals surface area contributed by atoms with E-state index >= 15 is 0 Å². The molecule has 0 atom stereocenters. The van der Waals surface area contributed by atoms with Crippen LogP contribution in [0.25, 0.3) is 0 Å². The molecule has 2 rings (SSSR count). The van der Waals surface area contributed by atoms with Gasteiger partial charge in [0.05, 0.1) is 6.26 Å². The number of rotatable bonds is 2. The van der Waals surface area contributed by atoms with Gasteiger partial charge in [0, 0.05) is 31.9 Å². The van der Waals surface area contributed by atoms with Crippen LogP contribution in [0.3, 0.4) is 0 Å². The standard InChI is InChI=1S/C12H17N3O2S2/c1-19(16,17)15-9-7-14(8-10-15)12(18)13-11-5-3-2-4-6-11/h2-6H,7-10H2,1H3,(H,13,18). The first-order valence-electron chi connectivity index (χ1n) is 6.03. The van der Waals surface area contributed by atoms with Crippen LogP contribution in [-0.2, 0) is 10.0 Å². The SMILES string of the molecule is CS(=O)(=O)N1CCN(C(=S)Nc2ccccc2)CC1. The summed E-state index contributed by atoms with van der Waals surface area (Å²) in [6.07, 6.45) is 1.24. The zero-order valence-electron chi connectivity index (χ0n) is 10.7. The van der Waals surface area contributed by atoms with Gasteiger partial charge in [-0.25, -0.2) is 8.42 Å². The molecular weight excluding hydrogens is 282 g/mol. The van der Waals surface area contributed by atoms with Gasteiger partial charge >= 0.3 is 0 Å². The summed E-state index contributed by atoms with van der Waals surface area (Å²) in [5.74, 6) is 0. The minimum absolute atomic E-state index is 0.482. The van der Waals surface area contributed by atoms with Gasteiger partial charge in [0.1, 0.15) is 0 Å². The number of hydrogen-bond donors (Lipinski definition) is 1. The van der Waals surface area contributed by atoms with E-state index in [2.05, 4.69) is 5.32 Å². The molecule has 0 spiro atoms. The topological polar surface area (TPSA) is 52.7 Å². The Hall–Kier alpha value is -1.18. The van der Waals surface area contributed by atoms with Gasteiger partial charge in [-0.1, -0.05) is 18.2 Å². The molecular formula is C12H17N3O2S2. The minimum atomic E-state index is -3.09. The number of piperazine rings is 1. The Morgan fingerprint density at radius 1 is 1.16 bits per heavy atom. The first-order valence-corrected chi connectivity index (χ1v) is 8.28. The Balaban J connectivity index is 1.90. The molecule has 0 radical (unpaired) electrons. The highest BCUT2D eigenvalue weighted by molar-refractivity contribution is 7.88. The van der Waals surface area contributed by atoms with E-state index in [-0.39, 0.29) is 0 Å². The van der Waals surface area contributed by atoms with Crippen LogP contribution in [0.4, 0.5) is 5.69 Å². The van der Waals surface area contributed by atoms with Crippen molar-refractivity contribution in [1.29, 1.82) is 0 Å². The van der Waals surface area contributed by atoms with E-state index in [1.165, 1.54) is 10.6 Å². The lowest BCUT2D eigenvalue weighted by atomic mass is 10.3. The maximum atomic E-state index is 11.4. The fraction of sp³-hybridized carbons (Fsp3) is 0.417. The van der Waals surface area contributed by atoms with Gasteiger partial charge in [-0.05, 0) is 24.4 Å². The van der Waals surface area contributed by atoms with Crippen molar-refractivity contribution in [3.05, 3.63) is 30.3 Å². The van der Waals surface area contributed by atoms with Crippen LogP contribution >= 0.6 is 12.2 Å². The third kappa shape index (κ3) is 3.89. The molecule has 1 saturated heterocycles. The summed E-state index contributed by atoms with van der Waals surface area (Å²) in [6, 6.07) is 9.70. The third-order valence-corrected chi connectivity index (χ3v) is 4.68. The number of hydrogen-bond acceptors (Lipinski definition) is 3. The highest BCUT2D eigenvalue weighted by Gasteiger charge is 2.24. The van der Waals surface area contributed by atoms with E-state index in [0.717, 1.165) is 5.69 Å². The molecule has 1 fully saturated rings. The molecule has 104 valence electrons. The van der Waals surface area contributed by atoms with Gasteiger partial charge in [-0.2, -0.15) is 4.31 Å². The molecule has 0 unspecified atom stereocenters. The first kappa shape index (κ1) is 14.2. The van der Waals surface area contributed by atoms with Crippen LogP contribution in [0.2, 0.25) is 0 Å². The van der Waals surface area contributed by atoms with Crippen LogP contribution in [0.15, 0.2) is 30.3 Å². The predicted molar refractivity (Wildman–Crippen MR) is 80.7 cm³/mol. The van der Waals surface area contributed by atoms with Gasteiger partial charge in [-0.15, -0.1) is 0 Å². The van der Waals surface area contributed by atoms with Crippen molar-refractivity contribution < 1.29 is 8.42 Å². The number of nitrogens with one attached hydrogen (secondary N) is 1. The highest BCUT2D eigenvalue weighted by Crippen LogP contribution is 2.10. The van der Waals surface area contributed by atoms with Crippen LogP contribution in [0, 0.1) is 0 Å². The monoisotopic (exact) mass is 299 g/mol. The second-order valence-electron chi connectivity index (χ2n) is 4.45. The highest BCUT2D eigenvalue weighted by atomic mass is 32.2. The number of nitrogens with zero attached hydrogens (tertiary/aromatic N) is 2. The van der Waals surface area contributed by atoms with Gasteiger partial charge < -0.3 is 10.2 Å². The Labute approximate surface area is 119 Å². The van der Waals surface area contributed by atoms with Crippen LogP contribution in [0.1, 0.15) is 0 Å². The largest absolute Gasteiger partial charge is 0.346 e. The average Bonchev–Trinajstić information content (AvgIpc) is 2.39. The molecule has 1 heterocycles. The fourth-order valence-electron chi connectivity index (χ4n) is 1.95. The Bertz CT molecular complexity index is 537. The molecule has 0 aromatic heterocycles. The molecule has 0 amide bonds. The number of thiocarbonyl (C=S) groups is 1. The number of benzene rings is 1. The molecule has 0 aliphatic carbocycles. The molecule has 1 N–H and O–H groups in total. The summed E-state index contributed by atoms with van der Waals surface area (Å²) in [7, 11) is -3.09. The molecule has 0 bridgehead atoms. The van der Waals surface area contributed by atoms with Crippen molar-refractivity contribution in [1.82, 2.24) is 9.21 Å². The Morgan fingerprint density at radius 3 is 2.26 bits per heavy atom. The molecule has 1 aliphatic heterocycles. The quantitative estimate of drug-likeness (QED) is 0.825. The Kier molecular flexibility index (Phi) is 4.38. The molecule has 1 aliphatic rings. The summed E-state index contributed by atoms with van der Waals surface area (Å²) in [6.45, 7) is 2.20. The second kappa shape index (κ2) is 5.85. The van der Waals surface area contributed by atoms with E-state index < -0.39 is 10.0 Å². The van der Waals surface area contributed by atoms with Crippen molar-refractivity contribution in [2.24, 2.45) is 0 Å². The smallest absolute Gasteiger partial charge is 0.211 e. The summed E-state index contributed by atoms with van der Waals surface area (Å²) >= 11 is 5.33. The third-order valence-electron chi connectivity index (χ3n) is 3.02. The molecule has 1 aromatic rings. The zero-order chi connectivity index (χ0) is 13.9. The lowest BCUT2D eigenvalue weighted by Crippen LogP contribution is -2.51. The second-order valence-corrected chi connectivity index (χ2v) is 6.81. The Morgan fingerprint density at radius 2 is 1.74 bits per heavy atom. The van der Waals surface area contributed by atoms with Crippen molar-refractivity contribution >= 4 is 33.0 Å². The van der Waals surface area contributed by atoms with Crippen molar-refractivity contribution in [2.75, 3.05) is 37.8 Å². The van der Waals surface area contributed by atoms with Crippen LogP contribution in [0.5, 0.6) is 0 Å². The lowest BCUT2D eigenvalue weighted by Gasteiger charge is -2.34. The van der Waals surface area contributed by atoms with Gasteiger partial charge in [-0.3, -0.25) is 0 Å². The van der Waals surface area contributed by atoms with E-state index in [1.54, 1.807) is 0 Å². The maximum absolute atomic E-state index is 11.4. The summed E-state index contributed by atoms with van der Waals surface area (Å²) in [5, 5.41) is 3.79. The summed E-state index contributed by atoms with van der Waals surface area (Å²) in [5.41, 5.74) is 0.943. The number of para-hydroxylation sites is 1. The van der Waals surface area contributed by atoms with Crippen LogP contribution in [-0.4, -0.2) is 55.2 Å². The molecule has 7 heteroatoms. The van der Waals surface area contributed by atoms with E-state index in [1.807, 2.05) is 35.2 Å². The van der Waals surface area contributed by atoms with Gasteiger partial charge in [0.2, 0.25) is 10.0 Å². The normalized spacial score (nSPS) is 17.2. The van der Waals surface area contributed by atoms with Crippen molar-refractivity contribution in [3.63, 3.8) is 0 Å². The van der Waals surface area contributed by atoms with E-state index in [9.17, 15) is 8.42 Å². The van der Waals surface area contributed by atoms with Crippen LogP contribution < -0.4 is 5.32 Å². The van der Waals surface area contributed by atoms with Crippen molar-refractivity contribution in [3.8, 4) is 0 Å². The average molecular weight is 299 g/mol. The fourth-order valence-corrected chi connectivity index (χ4v) is 3.07. The number of sulfonamides is 1. The number of anilines is 1. The molecule has 5 nitrogen and oxygen atoms in total. The minimum Gasteiger partial charge on any atom is -0.346 e. The van der Waals surface area contributed by atoms with E-state index in [0.29, 0.717) is 31.3 Å². The predicted octanol–water partition coefficient (Wildman–Crippen LogP) is 0.961. The molecule has 1 aromatic carbocycles. The zero-order valence-corrected chi connectivity index (χ0v) is 12.4. The summed E-state index contributed by atoms with van der Waals surface area (Å²) in [4.78, 5) is 1.99.